The van der Waals surface area contributed by atoms with Gasteiger partial charge in [0.15, 0.2) is 22.3 Å². The molecule has 0 radical (unpaired) electrons. The van der Waals surface area contributed by atoms with Crippen LogP contribution in [-0.4, -0.2) is 33.1 Å². The Bertz CT molecular complexity index is 979. The van der Waals surface area contributed by atoms with Gasteiger partial charge in [0.1, 0.15) is 0 Å². The van der Waals surface area contributed by atoms with E-state index in [1.807, 2.05) is 0 Å². The molecule has 1 N–H and O–H groups in total. The Hall–Kier alpha value is -2.16. The fourth-order valence-corrected chi connectivity index (χ4v) is 3.52. The molecule has 3 aromatic rings. The van der Waals surface area contributed by atoms with Gasteiger partial charge >= 0.3 is 0 Å². The van der Waals surface area contributed by atoms with Gasteiger partial charge in [-0.3, -0.25) is 9.20 Å². The summed E-state index contributed by atoms with van der Waals surface area (Å²) in [5.41, 5.74) is 1.12. The maximum absolute atomic E-state index is 12.2. The zero-order valence-corrected chi connectivity index (χ0v) is 14.9. The van der Waals surface area contributed by atoms with Gasteiger partial charge in [0.2, 0.25) is 12.7 Å². The minimum Gasteiger partial charge on any atom is -0.454 e. The quantitative estimate of drug-likeness (QED) is 0.680. The number of anilines is 1. The lowest BCUT2D eigenvalue weighted by Gasteiger charge is -2.06. The van der Waals surface area contributed by atoms with Crippen LogP contribution in [0.4, 0.5) is 5.69 Å². The topological polar surface area (TPSA) is 77.8 Å². The van der Waals surface area contributed by atoms with E-state index in [1.165, 1.54) is 11.8 Å². The lowest BCUT2D eigenvalue weighted by atomic mass is 10.3. The third kappa shape index (κ3) is 3.33. The molecule has 0 unspecified atom stereocenters. The maximum Gasteiger partial charge on any atom is 0.234 e. The molecule has 128 valence electrons. The summed E-state index contributed by atoms with van der Waals surface area (Å²) in [6.07, 6.45) is 1.65. The summed E-state index contributed by atoms with van der Waals surface area (Å²) < 4.78 is 12.2. The number of rotatable bonds is 4. The first-order valence-corrected chi connectivity index (χ1v) is 8.86. The SMILES string of the molecule is O=C(CSc1nnc2c(Cl)cc(Cl)cn12)Nc1ccc2c(c1)OCO2. The van der Waals surface area contributed by atoms with Crippen LogP contribution in [0.5, 0.6) is 11.5 Å². The number of fused-ring (bicyclic) bond motifs is 2. The number of amides is 1. The maximum atomic E-state index is 12.2. The van der Waals surface area contributed by atoms with Crippen LogP contribution in [0.25, 0.3) is 5.65 Å². The highest BCUT2D eigenvalue weighted by atomic mass is 35.5. The van der Waals surface area contributed by atoms with Crippen LogP contribution in [0, 0.1) is 0 Å². The number of hydrogen-bond acceptors (Lipinski definition) is 6. The number of aromatic nitrogens is 3. The molecule has 0 aliphatic carbocycles. The fraction of sp³-hybridized carbons (Fsp3) is 0.133. The number of nitrogens with one attached hydrogen (secondary N) is 1. The van der Waals surface area contributed by atoms with Gasteiger partial charge in [-0.05, 0) is 18.2 Å². The van der Waals surface area contributed by atoms with Gasteiger partial charge in [0, 0.05) is 18.0 Å². The Balaban J connectivity index is 1.44. The largest absolute Gasteiger partial charge is 0.454 e. The minimum absolute atomic E-state index is 0.152. The fourth-order valence-electron chi connectivity index (χ4n) is 2.30. The minimum atomic E-state index is -0.186. The van der Waals surface area contributed by atoms with Crippen molar-refractivity contribution < 1.29 is 14.3 Å². The number of carbonyl (C=O) groups is 1. The molecule has 0 bridgehead atoms. The lowest BCUT2D eigenvalue weighted by molar-refractivity contribution is -0.113. The number of nitrogens with zero attached hydrogens (tertiary/aromatic N) is 3. The van der Waals surface area contributed by atoms with Crippen LogP contribution in [0.2, 0.25) is 10.0 Å². The van der Waals surface area contributed by atoms with Crippen molar-refractivity contribution in [2.75, 3.05) is 17.9 Å². The molecule has 0 atom stereocenters. The van der Waals surface area contributed by atoms with Crippen LogP contribution in [-0.2, 0) is 4.79 Å². The van der Waals surface area contributed by atoms with Gasteiger partial charge in [0.25, 0.3) is 0 Å². The Morgan fingerprint density at radius 1 is 1.24 bits per heavy atom. The summed E-state index contributed by atoms with van der Waals surface area (Å²) in [7, 11) is 0. The van der Waals surface area contributed by atoms with Crippen molar-refractivity contribution in [2.45, 2.75) is 5.16 Å². The second-order valence-corrected chi connectivity index (χ2v) is 6.87. The Kier molecular flexibility index (Phi) is 4.32. The highest BCUT2D eigenvalue weighted by molar-refractivity contribution is 7.99. The molecule has 1 amide bonds. The normalized spacial score (nSPS) is 12.6. The van der Waals surface area contributed by atoms with E-state index in [-0.39, 0.29) is 18.5 Å². The average molecular weight is 397 g/mol. The van der Waals surface area contributed by atoms with E-state index in [0.717, 1.165) is 0 Å². The molecule has 25 heavy (non-hydrogen) atoms. The number of hydrogen-bond donors (Lipinski definition) is 1. The van der Waals surface area contributed by atoms with Gasteiger partial charge in [0.05, 0.1) is 15.8 Å². The van der Waals surface area contributed by atoms with Crippen LogP contribution >= 0.6 is 35.0 Å². The van der Waals surface area contributed by atoms with Crippen molar-refractivity contribution in [1.82, 2.24) is 14.6 Å². The molecule has 1 aromatic carbocycles. The predicted octanol–water partition coefficient (Wildman–Crippen LogP) is 3.50. The summed E-state index contributed by atoms with van der Waals surface area (Å²) in [6, 6.07) is 6.81. The number of halogens is 2. The van der Waals surface area contributed by atoms with Crippen molar-refractivity contribution in [3.05, 3.63) is 40.5 Å². The highest BCUT2D eigenvalue weighted by Crippen LogP contribution is 2.34. The Morgan fingerprint density at radius 3 is 2.96 bits per heavy atom. The van der Waals surface area contributed by atoms with Crippen LogP contribution in [0.15, 0.2) is 35.6 Å². The second kappa shape index (κ2) is 6.62. The van der Waals surface area contributed by atoms with Gasteiger partial charge in [-0.1, -0.05) is 35.0 Å². The lowest BCUT2D eigenvalue weighted by Crippen LogP contribution is -2.14. The molecule has 0 fully saturated rings. The van der Waals surface area contributed by atoms with Crippen molar-refractivity contribution in [1.29, 1.82) is 0 Å². The molecule has 3 heterocycles. The molecule has 7 nitrogen and oxygen atoms in total. The molecule has 0 spiro atoms. The highest BCUT2D eigenvalue weighted by Gasteiger charge is 2.15. The van der Waals surface area contributed by atoms with E-state index in [0.29, 0.717) is 38.0 Å². The zero-order valence-electron chi connectivity index (χ0n) is 12.5. The number of benzene rings is 1. The van der Waals surface area contributed by atoms with Crippen molar-refractivity contribution in [2.24, 2.45) is 0 Å². The van der Waals surface area contributed by atoms with Crippen LogP contribution in [0.1, 0.15) is 0 Å². The number of ether oxygens (including phenoxy) is 2. The van der Waals surface area contributed by atoms with Crippen molar-refractivity contribution >= 4 is 52.2 Å². The Labute approximate surface area is 156 Å². The smallest absolute Gasteiger partial charge is 0.234 e. The molecule has 2 aromatic heterocycles. The number of carbonyl (C=O) groups excluding carboxylic acids is 1. The molecule has 10 heteroatoms. The van der Waals surface area contributed by atoms with Gasteiger partial charge in [-0.2, -0.15) is 0 Å². The number of pyridine rings is 1. The van der Waals surface area contributed by atoms with E-state index >= 15 is 0 Å². The summed E-state index contributed by atoms with van der Waals surface area (Å²) in [4.78, 5) is 12.2. The van der Waals surface area contributed by atoms with Crippen LogP contribution in [0.3, 0.4) is 0 Å². The summed E-state index contributed by atoms with van der Waals surface area (Å²) in [5.74, 6) is 1.24. The second-order valence-electron chi connectivity index (χ2n) is 5.09. The predicted molar refractivity (Wildman–Crippen MR) is 94.9 cm³/mol. The summed E-state index contributed by atoms with van der Waals surface area (Å²) in [5, 5.41) is 12.2. The van der Waals surface area contributed by atoms with E-state index in [1.54, 1.807) is 34.9 Å². The van der Waals surface area contributed by atoms with E-state index in [2.05, 4.69) is 15.5 Å². The van der Waals surface area contributed by atoms with Gasteiger partial charge in [-0.15, -0.1) is 10.2 Å². The van der Waals surface area contributed by atoms with E-state index in [9.17, 15) is 4.79 Å². The summed E-state index contributed by atoms with van der Waals surface area (Å²) in [6.45, 7) is 0.188. The molecular formula is C15H10Cl2N4O3S. The molecule has 1 aliphatic heterocycles. The van der Waals surface area contributed by atoms with Crippen molar-refractivity contribution in [3.8, 4) is 11.5 Å². The van der Waals surface area contributed by atoms with Gasteiger partial charge in [-0.25, -0.2) is 0 Å². The van der Waals surface area contributed by atoms with Gasteiger partial charge < -0.3 is 14.8 Å². The monoisotopic (exact) mass is 396 g/mol. The van der Waals surface area contributed by atoms with E-state index < -0.39 is 0 Å². The number of thioether (sulfide) groups is 1. The summed E-state index contributed by atoms with van der Waals surface area (Å²) >= 11 is 13.3. The third-order valence-electron chi connectivity index (χ3n) is 3.38. The molecule has 0 saturated carbocycles. The molecule has 1 aliphatic rings. The first kappa shape index (κ1) is 16.3. The molecular weight excluding hydrogens is 387 g/mol. The van der Waals surface area contributed by atoms with E-state index in [4.69, 9.17) is 32.7 Å². The van der Waals surface area contributed by atoms with Crippen LogP contribution < -0.4 is 14.8 Å². The average Bonchev–Trinajstić information content (AvgIpc) is 3.19. The molecule has 4 rings (SSSR count). The first-order chi connectivity index (χ1) is 12.1. The first-order valence-electron chi connectivity index (χ1n) is 7.12. The zero-order chi connectivity index (χ0) is 17.4. The standard InChI is InChI=1S/C15H10Cl2N4O3S/c16-8-3-10(17)14-19-20-15(21(14)5-8)25-6-13(22)18-9-1-2-11-12(4-9)24-7-23-11/h1-5H,6-7H2,(H,18,22). The van der Waals surface area contributed by atoms with Crippen molar-refractivity contribution in [3.63, 3.8) is 0 Å². The third-order valence-corrected chi connectivity index (χ3v) is 4.81. The Morgan fingerprint density at radius 2 is 2.08 bits per heavy atom. The molecule has 0 saturated heterocycles.